The molecule has 16 heavy (non-hydrogen) atoms. The second-order valence-corrected chi connectivity index (χ2v) is 3.75. The Kier molecular flexibility index (Phi) is 2.47. The Balaban J connectivity index is 2.60. The maximum atomic E-state index is 11.2. The van der Waals surface area contributed by atoms with Crippen LogP contribution in [-0.2, 0) is 4.79 Å². The molecule has 0 fully saturated rings. The van der Waals surface area contributed by atoms with Crippen LogP contribution >= 0.6 is 15.9 Å². The molecule has 1 aromatic carbocycles. The fourth-order valence-electron chi connectivity index (χ4n) is 1.28. The number of rotatable bonds is 2. The first kappa shape index (κ1) is 10.7. The molecule has 0 bridgehead atoms. The van der Waals surface area contributed by atoms with Gasteiger partial charge in [-0.3, -0.25) is 4.79 Å². The highest BCUT2D eigenvalue weighted by Crippen LogP contribution is 2.46. The summed E-state index contributed by atoms with van der Waals surface area (Å²) < 4.78 is 10.1. The number of ether oxygens (including phenoxy) is 2. The minimum atomic E-state index is -1.65. The summed E-state index contributed by atoms with van der Waals surface area (Å²) in [4.78, 5) is 21.8. The van der Waals surface area contributed by atoms with Gasteiger partial charge in [0.05, 0.1) is 5.56 Å². The molecule has 0 unspecified atom stereocenters. The Labute approximate surface area is 97.5 Å². The summed E-state index contributed by atoms with van der Waals surface area (Å²) >= 11 is 3.00. The summed E-state index contributed by atoms with van der Waals surface area (Å²) in [5.41, 5.74) is -0.344. The number of phenols is 1. The maximum absolute atomic E-state index is 11.2. The lowest BCUT2D eigenvalue weighted by Crippen LogP contribution is -2.13. The number of carboxylic acid groups (broad SMARTS) is 1. The van der Waals surface area contributed by atoms with Gasteiger partial charge in [0.25, 0.3) is 5.78 Å². The fourth-order valence-corrected chi connectivity index (χ4v) is 1.80. The van der Waals surface area contributed by atoms with E-state index in [1.165, 1.54) is 0 Å². The van der Waals surface area contributed by atoms with Crippen molar-refractivity contribution in [2.24, 2.45) is 0 Å². The first-order valence-corrected chi connectivity index (χ1v) is 4.90. The molecular formula is C9H5BrO6. The van der Waals surface area contributed by atoms with Crippen molar-refractivity contribution in [1.29, 1.82) is 0 Å². The molecule has 0 aromatic heterocycles. The van der Waals surface area contributed by atoms with Crippen LogP contribution in [0.15, 0.2) is 10.5 Å². The molecule has 0 aliphatic carbocycles. The summed E-state index contributed by atoms with van der Waals surface area (Å²) in [6, 6.07) is 1.14. The number of carboxylic acids is 1. The fraction of sp³-hybridized carbons (Fsp3) is 0.111. The van der Waals surface area contributed by atoms with Crippen molar-refractivity contribution in [2.75, 3.05) is 6.79 Å². The molecule has 1 aromatic rings. The third kappa shape index (κ3) is 1.49. The molecule has 0 spiro atoms. The van der Waals surface area contributed by atoms with E-state index in [1.54, 1.807) is 0 Å². The Bertz CT molecular complexity index is 495. The molecule has 0 atom stereocenters. The molecule has 2 rings (SSSR count). The molecular weight excluding hydrogens is 284 g/mol. The molecule has 1 aliphatic rings. The number of halogens is 1. The van der Waals surface area contributed by atoms with Gasteiger partial charge in [-0.1, -0.05) is 0 Å². The number of phenolic OH excluding ortho intramolecular Hbond substituents is 1. The topological polar surface area (TPSA) is 93.1 Å². The summed E-state index contributed by atoms with van der Waals surface area (Å²) in [6.45, 7) is -0.0436. The van der Waals surface area contributed by atoms with Crippen LogP contribution in [0.1, 0.15) is 10.4 Å². The molecule has 7 heteroatoms. The number of carbonyl (C=O) groups excluding carboxylic acids is 1. The summed E-state index contributed by atoms with van der Waals surface area (Å²) in [5.74, 6) is -2.87. The smallest absolute Gasteiger partial charge is 0.377 e. The van der Waals surface area contributed by atoms with Crippen LogP contribution in [-0.4, -0.2) is 28.8 Å². The SMILES string of the molecule is O=C(O)C(=O)c1cc2c(c(Br)c1O)OCO2. The first-order valence-electron chi connectivity index (χ1n) is 4.11. The third-order valence-corrected chi connectivity index (χ3v) is 2.75. The Morgan fingerprint density at radius 3 is 2.69 bits per heavy atom. The quantitative estimate of drug-likeness (QED) is 0.626. The van der Waals surface area contributed by atoms with E-state index in [9.17, 15) is 14.7 Å². The molecule has 6 nitrogen and oxygen atoms in total. The van der Waals surface area contributed by atoms with Crippen molar-refractivity contribution >= 4 is 27.7 Å². The molecule has 84 valence electrons. The number of aromatic hydroxyl groups is 1. The summed E-state index contributed by atoms with van der Waals surface area (Å²) in [6.07, 6.45) is 0. The van der Waals surface area contributed by atoms with Crippen LogP contribution in [0.25, 0.3) is 0 Å². The predicted molar refractivity (Wildman–Crippen MR) is 53.9 cm³/mol. The van der Waals surface area contributed by atoms with Gasteiger partial charge in [-0.15, -0.1) is 0 Å². The average Bonchev–Trinajstić information content (AvgIpc) is 2.70. The highest BCUT2D eigenvalue weighted by atomic mass is 79.9. The molecule has 1 aliphatic heterocycles. The Morgan fingerprint density at radius 1 is 1.38 bits per heavy atom. The lowest BCUT2D eigenvalue weighted by Gasteiger charge is -2.06. The third-order valence-electron chi connectivity index (χ3n) is 2.02. The van der Waals surface area contributed by atoms with Gasteiger partial charge >= 0.3 is 5.97 Å². The number of carbonyl (C=O) groups is 2. The lowest BCUT2D eigenvalue weighted by atomic mass is 10.1. The number of fused-ring (bicyclic) bond motifs is 1. The number of ketones is 1. The van der Waals surface area contributed by atoms with Gasteiger partial charge in [0.15, 0.2) is 11.5 Å². The zero-order valence-electron chi connectivity index (χ0n) is 7.69. The average molecular weight is 289 g/mol. The largest absolute Gasteiger partial charge is 0.506 e. The van der Waals surface area contributed by atoms with E-state index in [2.05, 4.69) is 15.9 Å². The minimum Gasteiger partial charge on any atom is -0.506 e. The number of aliphatic carboxylic acids is 1. The monoisotopic (exact) mass is 288 g/mol. The van der Waals surface area contributed by atoms with Gasteiger partial charge < -0.3 is 19.7 Å². The van der Waals surface area contributed by atoms with Gasteiger partial charge in [0.2, 0.25) is 6.79 Å². The van der Waals surface area contributed by atoms with E-state index in [0.717, 1.165) is 6.07 Å². The number of benzene rings is 1. The molecule has 2 N–H and O–H groups in total. The van der Waals surface area contributed by atoms with Crippen LogP contribution < -0.4 is 9.47 Å². The number of hydrogen-bond acceptors (Lipinski definition) is 5. The van der Waals surface area contributed by atoms with Gasteiger partial charge in [-0.2, -0.15) is 0 Å². The van der Waals surface area contributed by atoms with E-state index in [4.69, 9.17) is 14.6 Å². The zero-order chi connectivity index (χ0) is 11.9. The van der Waals surface area contributed by atoms with Crippen LogP contribution in [0.3, 0.4) is 0 Å². The predicted octanol–water partition coefficient (Wildman–Crippen LogP) is 1.15. The van der Waals surface area contributed by atoms with Crippen LogP contribution in [0.4, 0.5) is 0 Å². The molecule has 0 saturated carbocycles. The van der Waals surface area contributed by atoms with Crippen molar-refractivity contribution in [1.82, 2.24) is 0 Å². The summed E-state index contributed by atoms with van der Waals surface area (Å²) in [7, 11) is 0. The number of Topliss-reactive ketones (excluding diaryl/α,β-unsaturated/α-hetero) is 1. The van der Waals surface area contributed by atoms with E-state index >= 15 is 0 Å². The van der Waals surface area contributed by atoms with E-state index in [1.807, 2.05) is 0 Å². The van der Waals surface area contributed by atoms with Gasteiger partial charge in [-0.05, 0) is 22.0 Å². The second kappa shape index (κ2) is 3.67. The zero-order valence-corrected chi connectivity index (χ0v) is 9.28. The lowest BCUT2D eigenvalue weighted by molar-refractivity contribution is -0.131. The van der Waals surface area contributed by atoms with Crippen LogP contribution in [0.5, 0.6) is 17.2 Å². The molecule has 0 saturated heterocycles. The van der Waals surface area contributed by atoms with E-state index in [-0.39, 0.29) is 28.3 Å². The van der Waals surface area contributed by atoms with Gasteiger partial charge in [0.1, 0.15) is 10.2 Å². The first-order chi connectivity index (χ1) is 7.52. The van der Waals surface area contributed by atoms with Crippen molar-refractivity contribution in [3.63, 3.8) is 0 Å². The van der Waals surface area contributed by atoms with Crippen LogP contribution in [0, 0.1) is 0 Å². The minimum absolute atomic E-state index is 0.0436. The van der Waals surface area contributed by atoms with E-state index in [0.29, 0.717) is 0 Å². The van der Waals surface area contributed by atoms with E-state index < -0.39 is 17.5 Å². The van der Waals surface area contributed by atoms with Crippen LogP contribution in [0.2, 0.25) is 0 Å². The second-order valence-electron chi connectivity index (χ2n) is 2.95. The molecule has 0 amide bonds. The van der Waals surface area contributed by atoms with Crippen molar-refractivity contribution in [2.45, 2.75) is 0 Å². The number of hydrogen-bond donors (Lipinski definition) is 2. The Morgan fingerprint density at radius 2 is 2.06 bits per heavy atom. The summed E-state index contributed by atoms with van der Waals surface area (Å²) in [5, 5.41) is 18.2. The maximum Gasteiger partial charge on any atom is 0.377 e. The Hall–Kier alpha value is -1.76. The van der Waals surface area contributed by atoms with Gasteiger partial charge in [-0.25, -0.2) is 4.79 Å². The highest BCUT2D eigenvalue weighted by molar-refractivity contribution is 9.10. The normalized spacial score (nSPS) is 12.6. The highest BCUT2D eigenvalue weighted by Gasteiger charge is 2.28. The van der Waals surface area contributed by atoms with Crippen molar-refractivity contribution in [3.8, 4) is 17.2 Å². The standard InChI is InChI=1S/C9H5BrO6/c10-5-6(11)3(7(12)9(13)14)1-4-8(5)16-2-15-4/h1,11H,2H2,(H,13,14). The molecule has 1 heterocycles. The van der Waals surface area contributed by atoms with Crippen molar-refractivity contribution < 1.29 is 29.3 Å². The molecule has 0 radical (unpaired) electrons. The van der Waals surface area contributed by atoms with Gasteiger partial charge in [0, 0.05) is 0 Å². The van der Waals surface area contributed by atoms with Crippen molar-refractivity contribution in [3.05, 3.63) is 16.1 Å².